The highest BCUT2D eigenvalue weighted by Crippen LogP contribution is 2.30. The third kappa shape index (κ3) is 4.75. The Balaban J connectivity index is 2.92. The predicted octanol–water partition coefficient (Wildman–Crippen LogP) is 2.05. The van der Waals surface area contributed by atoms with E-state index in [1.54, 1.807) is 25.1 Å². The summed E-state index contributed by atoms with van der Waals surface area (Å²) in [5.41, 5.74) is 5.76. The molecule has 1 aromatic rings. The van der Waals surface area contributed by atoms with Gasteiger partial charge in [-0.3, -0.25) is 4.79 Å². The van der Waals surface area contributed by atoms with Crippen LogP contribution in [0.3, 0.4) is 0 Å². The van der Waals surface area contributed by atoms with Crippen molar-refractivity contribution in [3.05, 3.63) is 34.3 Å². The van der Waals surface area contributed by atoms with Gasteiger partial charge in [-0.1, -0.05) is 19.1 Å². The van der Waals surface area contributed by atoms with E-state index in [9.17, 15) is 9.59 Å². The molecule has 0 saturated heterocycles. The van der Waals surface area contributed by atoms with E-state index in [2.05, 4.69) is 15.9 Å². The van der Waals surface area contributed by atoms with Gasteiger partial charge in [-0.15, -0.1) is 0 Å². The van der Waals surface area contributed by atoms with E-state index in [1.807, 2.05) is 0 Å². The summed E-state index contributed by atoms with van der Waals surface area (Å²) in [7, 11) is 0. The zero-order valence-electron chi connectivity index (χ0n) is 10.3. The minimum Gasteiger partial charge on any atom is -0.491 e. The summed E-state index contributed by atoms with van der Waals surface area (Å²) in [6.45, 7) is 1.79. The summed E-state index contributed by atoms with van der Waals surface area (Å²) in [5.74, 6) is -1.44. The largest absolute Gasteiger partial charge is 0.491 e. The highest BCUT2D eigenvalue weighted by molar-refractivity contribution is 9.10. The van der Waals surface area contributed by atoms with Gasteiger partial charge in [0.2, 0.25) is 5.91 Å². The Morgan fingerprint density at radius 3 is 2.79 bits per heavy atom. The van der Waals surface area contributed by atoms with Crippen molar-refractivity contribution in [2.24, 2.45) is 11.7 Å². The lowest BCUT2D eigenvalue weighted by Gasteiger charge is -2.13. The molecule has 0 aliphatic carbocycles. The van der Waals surface area contributed by atoms with Crippen LogP contribution >= 0.6 is 15.9 Å². The van der Waals surface area contributed by atoms with E-state index in [4.69, 9.17) is 15.6 Å². The number of hydrogen-bond acceptors (Lipinski definition) is 3. The van der Waals surface area contributed by atoms with Crippen LogP contribution in [0.15, 0.2) is 28.7 Å². The first-order chi connectivity index (χ1) is 8.91. The molecule has 0 saturated carbocycles. The standard InChI is InChI=1S/C13H14BrNO4/c1-8(13(15)18)7-19-12-9(5-6-11(16)17)3-2-4-10(12)14/h2-6,8H,7H2,1H3,(H2,15,18)(H,16,17). The summed E-state index contributed by atoms with van der Waals surface area (Å²) in [6.07, 6.45) is 2.45. The van der Waals surface area contributed by atoms with Crippen molar-refractivity contribution < 1.29 is 19.4 Å². The third-order valence-electron chi connectivity index (χ3n) is 2.37. The maximum atomic E-state index is 10.9. The molecule has 1 unspecified atom stereocenters. The van der Waals surface area contributed by atoms with Crippen molar-refractivity contribution in [2.75, 3.05) is 6.61 Å². The van der Waals surface area contributed by atoms with Gasteiger partial charge in [0, 0.05) is 11.6 Å². The van der Waals surface area contributed by atoms with Gasteiger partial charge >= 0.3 is 5.97 Å². The van der Waals surface area contributed by atoms with E-state index < -0.39 is 17.8 Å². The normalized spacial score (nSPS) is 12.3. The molecule has 0 aliphatic heterocycles. The number of carboxylic acid groups (broad SMARTS) is 1. The number of ether oxygens (including phenoxy) is 1. The summed E-state index contributed by atoms with van der Waals surface area (Å²) in [4.78, 5) is 21.5. The molecule has 0 spiro atoms. The molecular formula is C13H14BrNO4. The molecule has 0 radical (unpaired) electrons. The predicted molar refractivity (Wildman–Crippen MR) is 74.7 cm³/mol. The number of primary amides is 1. The van der Waals surface area contributed by atoms with Crippen LogP contribution in [0.5, 0.6) is 5.75 Å². The van der Waals surface area contributed by atoms with Crippen LogP contribution in [-0.2, 0) is 9.59 Å². The van der Waals surface area contributed by atoms with Crippen LogP contribution in [0.2, 0.25) is 0 Å². The van der Waals surface area contributed by atoms with Crippen LogP contribution in [0.25, 0.3) is 6.08 Å². The number of carboxylic acids is 1. The first-order valence-corrected chi connectivity index (χ1v) is 6.32. The molecule has 3 N–H and O–H groups in total. The molecule has 0 aromatic heterocycles. The second kappa shape index (κ2) is 6.94. The quantitative estimate of drug-likeness (QED) is 0.782. The van der Waals surface area contributed by atoms with Crippen molar-refractivity contribution in [1.29, 1.82) is 0 Å². The number of hydrogen-bond donors (Lipinski definition) is 2. The second-order valence-corrected chi connectivity index (χ2v) is 4.80. The molecule has 6 heteroatoms. The maximum Gasteiger partial charge on any atom is 0.328 e. The summed E-state index contributed by atoms with van der Waals surface area (Å²) < 4.78 is 6.21. The van der Waals surface area contributed by atoms with Crippen molar-refractivity contribution in [1.82, 2.24) is 0 Å². The van der Waals surface area contributed by atoms with Crippen LogP contribution in [0.1, 0.15) is 12.5 Å². The molecule has 1 atom stereocenters. The van der Waals surface area contributed by atoms with Gasteiger partial charge in [0.15, 0.2) is 0 Å². The molecule has 1 rings (SSSR count). The molecule has 1 amide bonds. The monoisotopic (exact) mass is 327 g/mol. The van der Waals surface area contributed by atoms with Gasteiger partial charge in [-0.2, -0.15) is 0 Å². The molecule has 0 bridgehead atoms. The minimum atomic E-state index is -1.04. The van der Waals surface area contributed by atoms with E-state index in [0.717, 1.165) is 6.08 Å². The fourth-order valence-corrected chi connectivity index (χ4v) is 1.76. The van der Waals surface area contributed by atoms with Gasteiger partial charge in [0.05, 0.1) is 17.0 Å². The van der Waals surface area contributed by atoms with Crippen LogP contribution in [-0.4, -0.2) is 23.6 Å². The van der Waals surface area contributed by atoms with Crippen molar-refractivity contribution >= 4 is 33.9 Å². The van der Waals surface area contributed by atoms with Crippen molar-refractivity contribution in [2.45, 2.75) is 6.92 Å². The average Bonchev–Trinajstić information content (AvgIpc) is 2.34. The third-order valence-corrected chi connectivity index (χ3v) is 2.99. The molecule has 0 fully saturated rings. The van der Waals surface area contributed by atoms with Crippen LogP contribution < -0.4 is 10.5 Å². The lowest BCUT2D eigenvalue weighted by atomic mass is 10.1. The first kappa shape index (κ1) is 15.2. The Kier molecular flexibility index (Phi) is 5.57. The fourth-order valence-electron chi connectivity index (χ4n) is 1.26. The van der Waals surface area contributed by atoms with E-state index >= 15 is 0 Å². The van der Waals surface area contributed by atoms with E-state index in [-0.39, 0.29) is 6.61 Å². The van der Waals surface area contributed by atoms with Gasteiger partial charge in [0.25, 0.3) is 0 Å². The van der Waals surface area contributed by atoms with Crippen molar-refractivity contribution in [3.8, 4) is 5.75 Å². The van der Waals surface area contributed by atoms with E-state index in [1.165, 1.54) is 6.08 Å². The Morgan fingerprint density at radius 2 is 2.21 bits per heavy atom. The maximum absolute atomic E-state index is 10.9. The SMILES string of the molecule is CC(COc1c(Br)cccc1C=CC(=O)O)C(N)=O. The van der Waals surface area contributed by atoms with Gasteiger partial charge in [-0.25, -0.2) is 4.79 Å². The van der Waals surface area contributed by atoms with Crippen LogP contribution in [0.4, 0.5) is 0 Å². The smallest absolute Gasteiger partial charge is 0.328 e. The number of rotatable bonds is 6. The van der Waals surface area contributed by atoms with Crippen LogP contribution in [0, 0.1) is 5.92 Å². The molecule has 102 valence electrons. The Labute approximate surface area is 119 Å². The molecule has 0 aliphatic rings. The topological polar surface area (TPSA) is 89.6 Å². The van der Waals surface area contributed by atoms with Gasteiger partial charge in [-0.05, 0) is 28.1 Å². The van der Waals surface area contributed by atoms with Gasteiger partial charge in [0.1, 0.15) is 5.75 Å². The summed E-state index contributed by atoms with van der Waals surface area (Å²) in [5, 5.41) is 8.63. The Morgan fingerprint density at radius 1 is 1.53 bits per heavy atom. The lowest BCUT2D eigenvalue weighted by molar-refractivity contribution is -0.131. The zero-order chi connectivity index (χ0) is 14.4. The minimum absolute atomic E-state index is 0.131. The highest BCUT2D eigenvalue weighted by atomic mass is 79.9. The second-order valence-electron chi connectivity index (χ2n) is 3.94. The zero-order valence-corrected chi connectivity index (χ0v) is 11.9. The fraction of sp³-hybridized carbons (Fsp3) is 0.231. The molecule has 5 nitrogen and oxygen atoms in total. The Hall–Kier alpha value is -1.82. The number of carbonyl (C=O) groups is 2. The number of aliphatic carboxylic acids is 1. The summed E-state index contributed by atoms with van der Waals surface area (Å²) >= 11 is 3.32. The lowest BCUT2D eigenvalue weighted by Crippen LogP contribution is -2.26. The Bertz CT molecular complexity index is 513. The summed E-state index contributed by atoms with van der Waals surface area (Å²) in [6, 6.07) is 5.24. The average molecular weight is 328 g/mol. The number of halogens is 1. The number of para-hydroxylation sites is 1. The number of amides is 1. The molecule has 0 heterocycles. The van der Waals surface area contributed by atoms with Crippen molar-refractivity contribution in [3.63, 3.8) is 0 Å². The molecule has 19 heavy (non-hydrogen) atoms. The number of carbonyl (C=O) groups excluding carboxylic acids is 1. The van der Waals surface area contributed by atoms with Gasteiger partial charge < -0.3 is 15.6 Å². The number of benzene rings is 1. The highest BCUT2D eigenvalue weighted by Gasteiger charge is 2.12. The molecule has 1 aromatic carbocycles. The first-order valence-electron chi connectivity index (χ1n) is 5.53. The van der Waals surface area contributed by atoms with E-state index in [0.29, 0.717) is 15.8 Å². The molecular weight excluding hydrogens is 314 g/mol. The number of nitrogens with two attached hydrogens (primary N) is 1.